The molecule has 2 rings (SSSR count). The number of piperidine rings is 1. The molecule has 1 heterocycles. The van der Waals surface area contributed by atoms with Gasteiger partial charge in [-0.1, -0.05) is 11.6 Å². The van der Waals surface area contributed by atoms with Gasteiger partial charge in [0.05, 0.1) is 16.8 Å². The maximum atomic E-state index is 12.4. The van der Waals surface area contributed by atoms with Crippen molar-refractivity contribution in [2.24, 2.45) is 0 Å². The Morgan fingerprint density at radius 2 is 2.10 bits per heavy atom. The van der Waals surface area contributed by atoms with E-state index in [-0.39, 0.29) is 11.5 Å². The van der Waals surface area contributed by atoms with Crippen LogP contribution in [0.5, 0.6) is 0 Å². The number of benzene rings is 1. The monoisotopic (exact) mass is 276 g/mol. The van der Waals surface area contributed by atoms with Gasteiger partial charge in [-0.05, 0) is 51.8 Å². The number of hydrogen-bond donors (Lipinski definition) is 3. The molecular weight excluding hydrogens is 256 g/mol. The van der Waals surface area contributed by atoms with Crippen molar-refractivity contribution in [1.82, 2.24) is 5.32 Å². The van der Waals surface area contributed by atoms with Crippen LogP contribution >= 0.6 is 0 Å². The summed E-state index contributed by atoms with van der Waals surface area (Å²) in [5.41, 5.74) is 0.695. The summed E-state index contributed by atoms with van der Waals surface area (Å²) in [7, 11) is 0. The van der Waals surface area contributed by atoms with Crippen molar-refractivity contribution in [3.05, 3.63) is 29.3 Å². The second-order valence-corrected chi connectivity index (χ2v) is 5.52. The molecule has 1 fully saturated rings. The van der Waals surface area contributed by atoms with E-state index in [4.69, 9.17) is 0 Å². The molecule has 3 N–H and O–H groups in total. The fraction of sp³-hybridized carbons (Fsp3) is 0.467. The van der Waals surface area contributed by atoms with Crippen LogP contribution in [-0.4, -0.2) is 29.1 Å². The molecule has 0 bridgehead atoms. The zero-order valence-corrected chi connectivity index (χ0v) is 11.8. The Bertz CT molecular complexity index is 534. The third kappa shape index (κ3) is 2.99. The summed E-state index contributed by atoms with van der Waals surface area (Å²) >= 11 is 0. The average molecular weight is 276 g/mol. The Morgan fingerprint density at radius 1 is 1.35 bits per heavy atom. The van der Waals surface area contributed by atoms with Gasteiger partial charge in [-0.15, -0.1) is 0 Å². The van der Waals surface area contributed by atoms with Gasteiger partial charge >= 0.3 is 5.97 Å². The highest BCUT2D eigenvalue weighted by Gasteiger charge is 2.34. The first-order valence-electron chi connectivity index (χ1n) is 6.83. The number of aryl methyl sites for hydroxylation is 1. The molecule has 0 aromatic heterocycles. The Hall–Kier alpha value is -1.88. The molecule has 108 valence electrons. The second kappa shape index (κ2) is 5.63. The minimum Gasteiger partial charge on any atom is -0.478 e. The van der Waals surface area contributed by atoms with E-state index < -0.39 is 11.5 Å². The number of carbonyl (C=O) groups excluding carboxylic acids is 1. The van der Waals surface area contributed by atoms with E-state index >= 15 is 0 Å². The predicted molar refractivity (Wildman–Crippen MR) is 77.0 cm³/mol. The fourth-order valence-electron chi connectivity index (χ4n) is 2.45. The lowest BCUT2D eigenvalue weighted by molar-refractivity contribution is -0.122. The molecule has 5 heteroatoms. The zero-order valence-electron chi connectivity index (χ0n) is 11.8. The van der Waals surface area contributed by atoms with Crippen LogP contribution in [0.25, 0.3) is 0 Å². The first-order chi connectivity index (χ1) is 9.42. The van der Waals surface area contributed by atoms with Gasteiger partial charge in [0, 0.05) is 0 Å². The average Bonchev–Trinajstić information content (AvgIpc) is 2.41. The van der Waals surface area contributed by atoms with Crippen LogP contribution in [0.2, 0.25) is 0 Å². The van der Waals surface area contributed by atoms with Gasteiger partial charge in [-0.25, -0.2) is 4.79 Å². The number of carboxylic acid groups (broad SMARTS) is 1. The van der Waals surface area contributed by atoms with Gasteiger partial charge in [0.25, 0.3) is 0 Å². The molecule has 20 heavy (non-hydrogen) atoms. The van der Waals surface area contributed by atoms with Crippen LogP contribution < -0.4 is 10.6 Å². The van der Waals surface area contributed by atoms with Gasteiger partial charge in [0.15, 0.2) is 0 Å². The lowest BCUT2D eigenvalue weighted by atomic mass is 9.90. The molecule has 1 saturated heterocycles. The van der Waals surface area contributed by atoms with Gasteiger partial charge in [0.2, 0.25) is 5.91 Å². The molecule has 0 spiro atoms. The van der Waals surface area contributed by atoms with Crippen molar-refractivity contribution in [2.45, 2.75) is 38.6 Å². The molecule has 1 aliphatic heterocycles. The number of aromatic carboxylic acids is 1. The molecule has 0 saturated carbocycles. The van der Waals surface area contributed by atoms with Crippen LogP contribution in [0.1, 0.15) is 42.1 Å². The topological polar surface area (TPSA) is 78.4 Å². The van der Waals surface area contributed by atoms with Gasteiger partial charge < -0.3 is 15.7 Å². The molecule has 1 unspecified atom stereocenters. The minimum absolute atomic E-state index is 0.123. The number of amides is 1. The lowest BCUT2D eigenvalue weighted by Gasteiger charge is -2.33. The first-order valence-corrected chi connectivity index (χ1v) is 6.83. The van der Waals surface area contributed by atoms with Crippen molar-refractivity contribution >= 4 is 17.6 Å². The number of anilines is 1. The lowest BCUT2D eigenvalue weighted by Crippen LogP contribution is -2.54. The third-order valence-electron chi connectivity index (χ3n) is 3.77. The second-order valence-electron chi connectivity index (χ2n) is 5.52. The third-order valence-corrected chi connectivity index (χ3v) is 3.77. The van der Waals surface area contributed by atoms with Crippen molar-refractivity contribution in [3.8, 4) is 0 Å². The van der Waals surface area contributed by atoms with Crippen molar-refractivity contribution < 1.29 is 14.7 Å². The summed E-state index contributed by atoms with van der Waals surface area (Å²) < 4.78 is 0. The number of carboxylic acids is 1. The van der Waals surface area contributed by atoms with Crippen LogP contribution in [-0.2, 0) is 4.79 Å². The van der Waals surface area contributed by atoms with E-state index in [1.165, 1.54) is 0 Å². The molecule has 0 aliphatic carbocycles. The van der Waals surface area contributed by atoms with E-state index in [9.17, 15) is 14.7 Å². The van der Waals surface area contributed by atoms with Crippen LogP contribution in [0.15, 0.2) is 18.2 Å². The van der Waals surface area contributed by atoms with Crippen molar-refractivity contribution in [2.75, 3.05) is 11.9 Å². The molecule has 5 nitrogen and oxygen atoms in total. The summed E-state index contributed by atoms with van der Waals surface area (Å²) in [5.74, 6) is -1.21. The maximum Gasteiger partial charge on any atom is 0.337 e. The first kappa shape index (κ1) is 14.5. The molecular formula is C15H20N2O3. The standard InChI is InChI=1S/C15H20N2O3/c1-10-5-6-12(11(9-10)13(18)19)17-14(20)15(2)7-3-4-8-16-15/h5-6,9,16H,3-4,7-8H2,1-2H3,(H,17,20)(H,18,19). The number of nitrogens with one attached hydrogen (secondary N) is 2. The number of carbonyl (C=O) groups is 2. The summed E-state index contributed by atoms with van der Waals surface area (Å²) in [5, 5.41) is 15.2. The van der Waals surface area contributed by atoms with Gasteiger partial charge in [0.1, 0.15) is 0 Å². The maximum absolute atomic E-state index is 12.4. The number of hydrogen-bond acceptors (Lipinski definition) is 3. The summed E-state index contributed by atoms with van der Waals surface area (Å²) in [6.07, 6.45) is 2.82. The van der Waals surface area contributed by atoms with Gasteiger partial charge in [-0.2, -0.15) is 0 Å². The molecule has 1 aliphatic rings. The quantitative estimate of drug-likeness (QED) is 0.790. The largest absolute Gasteiger partial charge is 0.478 e. The van der Waals surface area contributed by atoms with E-state index in [1.54, 1.807) is 18.2 Å². The normalized spacial score (nSPS) is 22.3. The number of rotatable bonds is 3. The summed E-state index contributed by atoms with van der Waals surface area (Å²) in [6, 6.07) is 5.00. The Labute approximate surface area is 118 Å². The summed E-state index contributed by atoms with van der Waals surface area (Å²) in [6.45, 7) is 4.49. The molecule has 1 atom stereocenters. The smallest absolute Gasteiger partial charge is 0.337 e. The van der Waals surface area contributed by atoms with E-state index in [0.717, 1.165) is 31.4 Å². The Balaban J connectivity index is 2.21. The highest BCUT2D eigenvalue weighted by Crippen LogP contribution is 2.23. The highest BCUT2D eigenvalue weighted by atomic mass is 16.4. The molecule has 0 radical (unpaired) electrons. The van der Waals surface area contributed by atoms with Crippen LogP contribution in [0, 0.1) is 6.92 Å². The van der Waals surface area contributed by atoms with Crippen LogP contribution in [0.4, 0.5) is 5.69 Å². The van der Waals surface area contributed by atoms with Crippen molar-refractivity contribution in [1.29, 1.82) is 0 Å². The van der Waals surface area contributed by atoms with E-state index in [2.05, 4.69) is 10.6 Å². The zero-order chi connectivity index (χ0) is 14.8. The van der Waals surface area contributed by atoms with Crippen LogP contribution in [0.3, 0.4) is 0 Å². The molecule has 1 amide bonds. The molecule has 1 aromatic carbocycles. The van der Waals surface area contributed by atoms with E-state index in [1.807, 2.05) is 13.8 Å². The van der Waals surface area contributed by atoms with Gasteiger partial charge in [-0.3, -0.25) is 4.79 Å². The summed E-state index contributed by atoms with van der Waals surface area (Å²) in [4.78, 5) is 23.6. The van der Waals surface area contributed by atoms with Crippen molar-refractivity contribution in [3.63, 3.8) is 0 Å². The molecule has 1 aromatic rings. The Morgan fingerprint density at radius 3 is 2.70 bits per heavy atom. The SMILES string of the molecule is Cc1ccc(NC(=O)C2(C)CCCCN2)c(C(=O)O)c1. The minimum atomic E-state index is -1.04. The predicted octanol–water partition coefficient (Wildman–Crippen LogP) is 2.16. The van der Waals surface area contributed by atoms with E-state index in [0.29, 0.717) is 5.69 Å². The Kier molecular flexibility index (Phi) is 4.09. The highest BCUT2D eigenvalue weighted by molar-refractivity contribution is 6.03. The fourth-order valence-corrected chi connectivity index (χ4v) is 2.45.